The first kappa shape index (κ1) is 25.3. The summed E-state index contributed by atoms with van der Waals surface area (Å²) in [6.07, 6.45) is 1.94. The van der Waals surface area contributed by atoms with Crippen molar-refractivity contribution in [3.8, 4) is 11.3 Å². The van der Waals surface area contributed by atoms with E-state index in [-0.39, 0.29) is 18.7 Å². The number of H-pyrrole nitrogens is 1. The molecule has 11 nitrogen and oxygen atoms in total. The number of hydrogen-bond acceptors (Lipinski definition) is 6. The number of hydrazine groups is 1. The second-order valence-corrected chi connectivity index (χ2v) is 10.8. The van der Waals surface area contributed by atoms with Crippen LogP contribution in [-0.4, -0.2) is 73.9 Å². The first-order chi connectivity index (χ1) is 17.5. The van der Waals surface area contributed by atoms with Crippen molar-refractivity contribution in [3.63, 3.8) is 0 Å². The molecule has 0 aliphatic carbocycles. The second kappa shape index (κ2) is 9.18. The Bertz CT molecular complexity index is 1200. The van der Waals surface area contributed by atoms with Gasteiger partial charge in [-0.25, -0.2) is 14.8 Å². The zero-order valence-corrected chi connectivity index (χ0v) is 21.5. The molecule has 3 aliphatic heterocycles. The van der Waals surface area contributed by atoms with Crippen molar-refractivity contribution in [2.24, 2.45) is 0 Å². The Morgan fingerprint density at radius 2 is 1.81 bits per heavy atom. The highest BCUT2D eigenvalue weighted by molar-refractivity contribution is 6.62. The molecule has 1 aromatic carbocycles. The fraction of sp³-hybridized carbons (Fsp3) is 0.520. The molecule has 12 heteroatoms. The van der Waals surface area contributed by atoms with Gasteiger partial charge in [-0.3, -0.25) is 14.6 Å². The molecule has 3 amide bonds. The van der Waals surface area contributed by atoms with Crippen LogP contribution in [0.5, 0.6) is 0 Å². The summed E-state index contributed by atoms with van der Waals surface area (Å²) in [4.78, 5) is 45.2. The van der Waals surface area contributed by atoms with Gasteiger partial charge in [0.1, 0.15) is 17.9 Å². The molecule has 3 saturated heterocycles. The van der Waals surface area contributed by atoms with Gasteiger partial charge in [0, 0.05) is 13.0 Å². The maximum atomic E-state index is 13.3. The monoisotopic (exact) mass is 509 g/mol. The van der Waals surface area contributed by atoms with E-state index in [2.05, 4.69) is 15.3 Å². The average Bonchev–Trinajstić information content (AvgIpc) is 3.39. The third-order valence-electron chi connectivity index (χ3n) is 7.82. The molecule has 0 saturated carbocycles. The van der Waals surface area contributed by atoms with Gasteiger partial charge in [-0.1, -0.05) is 24.3 Å². The first-order valence-corrected chi connectivity index (χ1v) is 12.6. The van der Waals surface area contributed by atoms with Crippen molar-refractivity contribution in [2.75, 3.05) is 6.54 Å². The van der Waals surface area contributed by atoms with Crippen LogP contribution in [-0.2, 0) is 18.9 Å². The van der Waals surface area contributed by atoms with Crippen molar-refractivity contribution in [2.45, 2.75) is 76.7 Å². The van der Waals surface area contributed by atoms with Crippen LogP contribution in [0.25, 0.3) is 11.3 Å². The lowest BCUT2D eigenvalue weighted by Gasteiger charge is -2.42. The summed E-state index contributed by atoms with van der Waals surface area (Å²) in [6.45, 7) is 8.48. The lowest BCUT2D eigenvalue weighted by Crippen LogP contribution is -2.57. The van der Waals surface area contributed by atoms with Crippen molar-refractivity contribution in [1.29, 1.82) is 0 Å². The number of nitrogens with one attached hydrogen (secondary N) is 2. The molecule has 0 unspecified atom stereocenters. The van der Waals surface area contributed by atoms with Crippen LogP contribution in [0, 0.1) is 0 Å². The Kier molecular flexibility index (Phi) is 6.27. The van der Waals surface area contributed by atoms with Crippen molar-refractivity contribution in [1.82, 2.24) is 25.3 Å². The maximum absolute atomic E-state index is 13.3. The number of rotatable bonds is 4. The number of carboxylic acid groups (broad SMARTS) is 1. The Morgan fingerprint density at radius 1 is 1.14 bits per heavy atom. The van der Waals surface area contributed by atoms with Gasteiger partial charge in [0.25, 0.3) is 5.91 Å². The number of imidazole rings is 1. The number of fused-ring (bicyclic) bond motifs is 1. The summed E-state index contributed by atoms with van der Waals surface area (Å²) >= 11 is 0. The van der Waals surface area contributed by atoms with Crippen LogP contribution in [0.1, 0.15) is 65.2 Å². The number of benzene rings is 1. The minimum atomic E-state index is -1.29. The third kappa shape index (κ3) is 4.59. The molecule has 2 aromatic rings. The van der Waals surface area contributed by atoms with Crippen molar-refractivity contribution in [3.05, 3.63) is 36.3 Å². The number of carbonyl (C=O) groups excluding carboxylic acids is 2. The number of carbonyl (C=O) groups is 3. The number of hydrogen-bond donors (Lipinski definition) is 3. The Morgan fingerprint density at radius 3 is 2.46 bits per heavy atom. The Hall–Kier alpha value is -3.38. The molecule has 196 valence electrons. The predicted octanol–water partition coefficient (Wildman–Crippen LogP) is 2.21. The highest BCUT2D eigenvalue weighted by atomic mass is 16.7. The number of aromatic amines is 1. The van der Waals surface area contributed by atoms with Crippen LogP contribution in [0.4, 0.5) is 4.79 Å². The largest absolute Gasteiger partial charge is 0.494 e. The summed E-state index contributed by atoms with van der Waals surface area (Å²) in [6, 6.07) is 6.35. The second-order valence-electron chi connectivity index (χ2n) is 10.8. The summed E-state index contributed by atoms with van der Waals surface area (Å²) < 4.78 is 12.3. The maximum Gasteiger partial charge on any atom is 0.494 e. The molecule has 3 aliphatic rings. The Labute approximate surface area is 215 Å². The number of aromatic nitrogens is 2. The summed E-state index contributed by atoms with van der Waals surface area (Å²) in [5, 5.41) is 14.3. The molecule has 1 aromatic heterocycles. The SMILES string of the molecule is CC1(C)OB(c2ccc(-c3cnc([C@@H]4CCCN5C(=O)CC[C@H](NC(=O)O)C(=O)N45)[nH]3)cc2)OC1(C)C. The molecule has 0 radical (unpaired) electrons. The van der Waals surface area contributed by atoms with E-state index in [0.29, 0.717) is 25.2 Å². The molecule has 4 heterocycles. The van der Waals surface area contributed by atoms with Gasteiger partial charge in [-0.2, -0.15) is 0 Å². The predicted molar refractivity (Wildman–Crippen MR) is 134 cm³/mol. The number of amides is 3. The lowest BCUT2D eigenvalue weighted by molar-refractivity contribution is -0.174. The van der Waals surface area contributed by atoms with E-state index in [1.54, 1.807) is 6.20 Å². The molecule has 5 rings (SSSR count). The fourth-order valence-corrected chi connectivity index (χ4v) is 5.02. The van der Waals surface area contributed by atoms with Crippen LogP contribution in [0.15, 0.2) is 30.5 Å². The van der Waals surface area contributed by atoms with Crippen molar-refractivity contribution >= 4 is 30.5 Å². The molecule has 3 fully saturated rings. The molecule has 0 spiro atoms. The molecular weight excluding hydrogens is 477 g/mol. The summed E-state index contributed by atoms with van der Waals surface area (Å²) in [5.41, 5.74) is 1.73. The summed E-state index contributed by atoms with van der Waals surface area (Å²) in [5.74, 6) is -0.0904. The van der Waals surface area contributed by atoms with E-state index in [4.69, 9.17) is 9.31 Å². The first-order valence-electron chi connectivity index (χ1n) is 12.6. The van der Waals surface area contributed by atoms with E-state index in [9.17, 15) is 19.5 Å². The van der Waals surface area contributed by atoms with Gasteiger partial charge in [0.2, 0.25) is 5.91 Å². The summed E-state index contributed by atoms with van der Waals surface area (Å²) in [7, 11) is -0.455. The standard InChI is InChI=1S/C25H32BN5O6/c1-24(2)25(3,4)37-26(36-24)16-9-7-15(8-10-16)18-14-27-21(28-18)19-6-5-13-30-20(32)12-11-17(29-23(34)35)22(33)31(19)30/h7-10,14,17,19,29H,5-6,11-13H2,1-4H3,(H,27,28)(H,34,35)/t17-,19-/m0/s1. The van der Waals surface area contributed by atoms with Crippen LogP contribution in [0.3, 0.4) is 0 Å². The van der Waals surface area contributed by atoms with Gasteiger partial charge < -0.3 is 24.7 Å². The van der Waals surface area contributed by atoms with Gasteiger partial charge in [0.15, 0.2) is 0 Å². The van der Waals surface area contributed by atoms with Crippen LogP contribution < -0.4 is 10.8 Å². The van der Waals surface area contributed by atoms with Crippen LogP contribution in [0.2, 0.25) is 0 Å². The topological polar surface area (TPSA) is 137 Å². The normalized spacial score (nSPS) is 25.1. The minimum Gasteiger partial charge on any atom is -0.465 e. The highest BCUT2D eigenvalue weighted by Crippen LogP contribution is 2.37. The van der Waals surface area contributed by atoms with E-state index < -0.39 is 42.4 Å². The average molecular weight is 509 g/mol. The molecule has 0 bridgehead atoms. The molecule has 37 heavy (non-hydrogen) atoms. The zero-order valence-electron chi connectivity index (χ0n) is 21.5. The van der Waals surface area contributed by atoms with Crippen LogP contribution >= 0.6 is 0 Å². The highest BCUT2D eigenvalue weighted by Gasteiger charge is 2.51. The molecular formula is C25H32BN5O6. The van der Waals surface area contributed by atoms with Crippen molar-refractivity contribution < 1.29 is 28.8 Å². The third-order valence-corrected chi connectivity index (χ3v) is 7.82. The Balaban J connectivity index is 1.37. The fourth-order valence-electron chi connectivity index (χ4n) is 5.02. The lowest BCUT2D eigenvalue weighted by atomic mass is 9.79. The van der Waals surface area contributed by atoms with Gasteiger partial charge >= 0.3 is 13.2 Å². The van der Waals surface area contributed by atoms with Gasteiger partial charge in [0.05, 0.1) is 23.1 Å². The quantitative estimate of drug-likeness (QED) is 0.538. The smallest absolute Gasteiger partial charge is 0.465 e. The van der Waals surface area contributed by atoms with E-state index in [0.717, 1.165) is 16.7 Å². The molecule has 2 atom stereocenters. The minimum absolute atomic E-state index is 0.0957. The van der Waals surface area contributed by atoms with E-state index in [1.165, 1.54) is 10.0 Å². The zero-order chi connectivity index (χ0) is 26.5. The van der Waals surface area contributed by atoms with Gasteiger partial charge in [-0.15, -0.1) is 0 Å². The number of nitrogens with zero attached hydrogens (tertiary/aromatic N) is 3. The molecule has 3 N–H and O–H groups in total. The van der Waals surface area contributed by atoms with Gasteiger partial charge in [-0.05, 0) is 58.0 Å². The van der Waals surface area contributed by atoms with E-state index in [1.807, 2.05) is 52.0 Å². The van der Waals surface area contributed by atoms with E-state index >= 15 is 0 Å².